The molecule has 0 spiro atoms. The van der Waals surface area contributed by atoms with Crippen LogP contribution < -0.4 is 15.8 Å². The van der Waals surface area contributed by atoms with Crippen LogP contribution in [0.4, 0.5) is 5.69 Å². The molecule has 3 aromatic rings. The van der Waals surface area contributed by atoms with Gasteiger partial charge in [0.1, 0.15) is 5.75 Å². The molecule has 6 nitrogen and oxygen atoms in total. The Morgan fingerprint density at radius 1 is 1.04 bits per heavy atom. The topological polar surface area (TPSA) is 90.1 Å². The van der Waals surface area contributed by atoms with E-state index >= 15 is 0 Å². The molecule has 0 unspecified atom stereocenters. The number of rotatable bonds is 5. The molecule has 0 saturated heterocycles. The molecule has 3 N–H and O–H groups in total. The predicted molar refractivity (Wildman–Crippen MR) is 90.8 cm³/mol. The highest BCUT2D eigenvalue weighted by Gasteiger charge is 2.07. The van der Waals surface area contributed by atoms with Gasteiger partial charge in [0.15, 0.2) is 0 Å². The van der Waals surface area contributed by atoms with Gasteiger partial charge in [-0.25, -0.2) is 4.98 Å². The molecule has 24 heavy (non-hydrogen) atoms. The maximum Gasteiger partial charge on any atom is 0.322 e. The van der Waals surface area contributed by atoms with Gasteiger partial charge in [-0.3, -0.25) is 4.79 Å². The maximum absolute atomic E-state index is 12.2. The minimum atomic E-state index is -0.186. The van der Waals surface area contributed by atoms with Crippen molar-refractivity contribution in [3.63, 3.8) is 0 Å². The number of nitrogens with one attached hydrogen (secondary N) is 1. The molecular formula is C18H16N4O2. The predicted octanol–water partition coefficient (Wildman–Crippen LogP) is 2.98. The van der Waals surface area contributed by atoms with E-state index in [1.54, 1.807) is 36.5 Å². The molecule has 1 amide bonds. The fraction of sp³-hybridized carbons (Fsp3) is 0.0556. The number of nitrogens with two attached hydrogens (primary N) is 1. The third-order valence-corrected chi connectivity index (χ3v) is 3.26. The van der Waals surface area contributed by atoms with Crippen LogP contribution in [0.5, 0.6) is 11.8 Å². The van der Waals surface area contributed by atoms with Gasteiger partial charge < -0.3 is 15.8 Å². The van der Waals surface area contributed by atoms with Crippen molar-refractivity contribution >= 4 is 11.6 Å². The van der Waals surface area contributed by atoms with Crippen molar-refractivity contribution in [3.8, 4) is 11.8 Å². The van der Waals surface area contributed by atoms with Gasteiger partial charge in [0.2, 0.25) is 0 Å². The Morgan fingerprint density at radius 3 is 2.50 bits per heavy atom. The highest BCUT2D eigenvalue weighted by molar-refractivity contribution is 6.04. The summed E-state index contributed by atoms with van der Waals surface area (Å²) < 4.78 is 5.56. The fourth-order valence-corrected chi connectivity index (χ4v) is 2.04. The molecule has 1 heterocycles. The Morgan fingerprint density at radius 2 is 1.79 bits per heavy atom. The zero-order valence-electron chi connectivity index (χ0n) is 12.8. The number of amides is 1. The lowest BCUT2D eigenvalue weighted by molar-refractivity contribution is 0.102. The molecule has 0 saturated carbocycles. The first kappa shape index (κ1) is 15.6. The molecule has 2 aromatic carbocycles. The average Bonchev–Trinajstić information content (AvgIpc) is 2.63. The van der Waals surface area contributed by atoms with Crippen LogP contribution in [-0.4, -0.2) is 15.9 Å². The Labute approximate surface area is 139 Å². The van der Waals surface area contributed by atoms with Crippen LogP contribution in [0.1, 0.15) is 16.1 Å². The zero-order valence-corrected chi connectivity index (χ0v) is 12.8. The number of benzene rings is 2. The molecule has 0 aliphatic carbocycles. The van der Waals surface area contributed by atoms with Gasteiger partial charge in [0.05, 0.1) is 5.69 Å². The summed E-state index contributed by atoms with van der Waals surface area (Å²) in [6, 6.07) is 18.0. The zero-order chi connectivity index (χ0) is 16.8. The minimum absolute atomic E-state index is 0.186. The molecule has 0 bridgehead atoms. The molecule has 0 aliphatic rings. The lowest BCUT2D eigenvalue weighted by Crippen LogP contribution is -2.11. The van der Waals surface area contributed by atoms with E-state index in [-0.39, 0.29) is 11.9 Å². The molecule has 6 heteroatoms. The van der Waals surface area contributed by atoms with E-state index < -0.39 is 0 Å². The van der Waals surface area contributed by atoms with Crippen LogP contribution >= 0.6 is 0 Å². The summed E-state index contributed by atoms with van der Waals surface area (Å²) in [5, 5.41) is 2.82. The molecule has 0 aliphatic heterocycles. The standard InChI is InChI=1S/C18H16N4O2/c19-12-15-10-11-20-18(22-15)24-16-8-6-13(7-9-16)17(23)21-14-4-2-1-3-5-14/h1-11H,12,19H2,(H,21,23). The van der Waals surface area contributed by atoms with E-state index in [1.807, 2.05) is 30.3 Å². The second kappa shape index (κ2) is 7.34. The average molecular weight is 320 g/mol. The summed E-state index contributed by atoms with van der Waals surface area (Å²) in [5.74, 6) is 0.356. The van der Waals surface area contributed by atoms with Gasteiger partial charge in [0, 0.05) is 24.0 Å². The molecule has 0 radical (unpaired) electrons. The third kappa shape index (κ3) is 3.93. The Hall–Kier alpha value is -3.25. The highest BCUT2D eigenvalue weighted by atomic mass is 16.5. The highest BCUT2D eigenvalue weighted by Crippen LogP contribution is 2.19. The molecule has 1 aromatic heterocycles. The van der Waals surface area contributed by atoms with E-state index in [9.17, 15) is 4.79 Å². The number of carbonyl (C=O) groups excluding carboxylic acids is 1. The number of ether oxygens (including phenoxy) is 1. The van der Waals surface area contributed by atoms with Crippen molar-refractivity contribution in [1.29, 1.82) is 0 Å². The quantitative estimate of drug-likeness (QED) is 0.754. The van der Waals surface area contributed by atoms with E-state index in [2.05, 4.69) is 15.3 Å². The van der Waals surface area contributed by atoms with E-state index in [0.717, 1.165) is 5.69 Å². The second-order valence-corrected chi connectivity index (χ2v) is 4.98. The number of hydrogen-bond donors (Lipinski definition) is 2. The number of carbonyl (C=O) groups is 1. The van der Waals surface area contributed by atoms with Gasteiger partial charge in [-0.05, 0) is 42.5 Å². The Kier molecular flexibility index (Phi) is 4.78. The summed E-state index contributed by atoms with van der Waals surface area (Å²) >= 11 is 0. The maximum atomic E-state index is 12.2. The smallest absolute Gasteiger partial charge is 0.322 e. The first-order chi connectivity index (χ1) is 11.7. The van der Waals surface area contributed by atoms with Gasteiger partial charge in [-0.2, -0.15) is 4.98 Å². The summed E-state index contributed by atoms with van der Waals surface area (Å²) in [5.41, 5.74) is 7.51. The fourth-order valence-electron chi connectivity index (χ4n) is 2.04. The lowest BCUT2D eigenvalue weighted by Gasteiger charge is -2.07. The first-order valence-electron chi connectivity index (χ1n) is 7.41. The van der Waals surface area contributed by atoms with Crippen molar-refractivity contribution in [2.75, 3.05) is 5.32 Å². The summed E-state index contributed by atoms with van der Waals surface area (Å²) in [6.45, 7) is 0.317. The van der Waals surface area contributed by atoms with Crippen LogP contribution in [0.25, 0.3) is 0 Å². The molecular weight excluding hydrogens is 304 g/mol. The van der Waals surface area contributed by atoms with Crippen LogP contribution in [0, 0.1) is 0 Å². The number of aromatic nitrogens is 2. The van der Waals surface area contributed by atoms with Crippen molar-refractivity contribution in [3.05, 3.63) is 78.1 Å². The first-order valence-corrected chi connectivity index (χ1v) is 7.41. The van der Waals surface area contributed by atoms with Crippen LogP contribution in [0.15, 0.2) is 66.9 Å². The van der Waals surface area contributed by atoms with Gasteiger partial charge >= 0.3 is 6.01 Å². The molecule has 3 rings (SSSR count). The van der Waals surface area contributed by atoms with E-state index in [0.29, 0.717) is 23.6 Å². The number of hydrogen-bond acceptors (Lipinski definition) is 5. The largest absolute Gasteiger partial charge is 0.424 e. The van der Waals surface area contributed by atoms with E-state index in [1.165, 1.54) is 0 Å². The van der Waals surface area contributed by atoms with E-state index in [4.69, 9.17) is 10.5 Å². The molecule has 0 fully saturated rings. The molecule has 120 valence electrons. The summed E-state index contributed by atoms with van der Waals surface area (Å²) in [6.07, 6.45) is 1.59. The van der Waals surface area contributed by atoms with Crippen molar-refractivity contribution < 1.29 is 9.53 Å². The number of nitrogens with zero attached hydrogens (tertiary/aromatic N) is 2. The van der Waals surface area contributed by atoms with Gasteiger partial charge in [-0.15, -0.1) is 0 Å². The number of para-hydroxylation sites is 1. The Balaban J connectivity index is 1.67. The number of anilines is 1. The van der Waals surface area contributed by atoms with Crippen molar-refractivity contribution in [2.45, 2.75) is 6.54 Å². The van der Waals surface area contributed by atoms with Crippen LogP contribution in [-0.2, 0) is 6.54 Å². The third-order valence-electron chi connectivity index (χ3n) is 3.26. The van der Waals surface area contributed by atoms with Crippen molar-refractivity contribution in [2.24, 2.45) is 5.73 Å². The SMILES string of the molecule is NCc1ccnc(Oc2ccc(C(=O)Nc3ccccc3)cc2)n1. The minimum Gasteiger partial charge on any atom is -0.424 e. The summed E-state index contributed by atoms with van der Waals surface area (Å²) in [7, 11) is 0. The van der Waals surface area contributed by atoms with Gasteiger partial charge in [-0.1, -0.05) is 18.2 Å². The van der Waals surface area contributed by atoms with Crippen LogP contribution in [0.3, 0.4) is 0 Å². The van der Waals surface area contributed by atoms with Crippen molar-refractivity contribution in [1.82, 2.24) is 9.97 Å². The Bertz CT molecular complexity index is 820. The van der Waals surface area contributed by atoms with Crippen LogP contribution in [0.2, 0.25) is 0 Å². The monoisotopic (exact) mass is 320 g/mol. The van der Waals surface area contributed by atoms with Gasteiger partial charge in [0.25, 0.3) is 5.91 Å². The normalized spacial score (nSPS) is 10.2. The lowest BCUT2D eigenvalue weighted by atomic mass is 10.2. The second-order valence-electron chi connectivity index (χ2n) is 4.98. The molecule has 0 atom stereocenters. The summed E-state index contributed by atoms with van der Waals surface area (Å²) in [4.78, 5) is 20.4.